The minimum atomic E-state index is -1.44. The second kappa shape index (κ2) is 12.9. The number of β-lactam (4-membered cyclic amide) rings is 1. The van der Waals surface area contributed by atoms with E-state index in [4.69, 9.17) is 31.6 Å². The van der Waals surface area contributed by atoms with Gasteiger partial charge < -0.3 is 30.5 Å². The van der Waals surface area contributed by atoms with Crippen LogP contribution in [0.2, 0.25) is 4.34 Å². The first-order chi connectivity index (χ1) is 19.1. The summed E-state index contributed by atoms with van der Waals surface area (Å²) in [6.07, 6.45) is -0.470. The standard InChI is InChI=1S/C23H26ClN5O10S2/c1-9(30)5-11(31)37-6-10-8-40-20-15(19(34)29(20)16(10)21(35)36)26-18(33)14(13-17(24)41-22(25)27-13)28-38-7-12(32)39-23(2,3)4/h15,20H,5-8H2,1-4H3,(H2,25,27)(H,26,33)(H,35,36)/b28-14+/t15-,20-/m1/s1. The highest BCUT2D eigenvalue weighted by Gasteiger charge is 2.54. The molecule has 0 aliphatic carbocycles. The van der Waals surface area contributed by atoms with Gasteiger partial charge in [0, 0.05) is 11.3 Å². The van der Waals surface area contributed by atoms with E-state index in [2.05, 4.69) is 15.5 Å². The van der Waals surface area contributed by atoms with Gasteiger partial charge in [-0.25, -0.2) is 14.6 Å². The van der Waals surface area contributed by atoms with E-state index < -0.39 is 77.9 Å². The summed E-state index contributed by atoms with van der Waals surface area (Å²) < 4.78 is 10.1. The van der Waals surface area contributed by atoms with Crippen LogP contribution >= 0.6 is 34.7 Å². The Kier molecular flexibility index (Phi) is 9.98. The maximum absolute atomic E-state index is 13.2. The minimum absolute atomic E-state index is 0.00840. The molecule has 18 heteroatoms. The molecule has 1 aromatic rings. The third kappa shape index (κ3) is 7.95. The average Bonchev–Trinajstić information content (AvgIpc) is 3.18. The molecule has 2 aliphatic heterocycles. The van der Waals surface area contributed by atoms with Crippen molar-refractivity contribution in [2.45, 2.75) is 51.1 Å². The molecule has 0 saturated carbocycles. The van der Waals surface area contributed by atoms with Gasteiger partial charge in [0.15, 0.2) is 10.8 Å². The summed E-state index contributed by atoms with van der Waals surface area (Å²) in [7, 11) is 0. The number of aliphatic carboxylic acids is 1. The predicted molar refractivity (Wildman–Crippen MR) is 146 cm³/mol. The number of oxime groups is 1. The Labute approximate surface area is 246 Å². The lowest BCUT2D eigenvalue weighted by molar-refractivity contribution is -0.160. The summed E-state index contributed by atoms with van der Waals surface area (Å²) >= 11 is 8.12. The number of carboxylic acid groups (broad SMARTS) is 1. The van der Waals surface area contributed by atoms with Gasteiger partial charge >= 0.3 is 17.9 Å². The van der Waals surface area contributed by atoms with E-state index in [-0.39, 0.29) is 32.2 Å². The first-order valence-electron chi connectivity index (χ1n) is 11.8. The number of rotatable bonds is 11. The summed E-state index contributed by atoms with van der Waals surface area (Å²) in [6, 6.07) is -1.17. The van der Waals surface area contributed by atoms with Crippen molar-refractivity contribution in [3.63, 3.8) is 0 Å². The van der Waals surface area contributed by atoms with Crippen LogP contribution in [0.4, 0.5) is 5.13 Å². The zero-order valence-corrected chi connectivity index (χ0v) is 24.6. The number of amides is 2. The number of fused-ring (bicyclic) bond motifs is 1. The van der Waals surface area contributed by atoms with Crippen molar-refractivity contribution in [1.82, 2.24) is 15.2 Å². The highest BCUT2D eigenvalue weighted by atomic mass is 35.5. The molecule has 4 N–H and O–H groups in total. The molecular weight excluding hydrogens is 606 g/mol. The molecule has 1 fully saturated rings. The molecule has 41 heavy (non-hydrogen) atoms. The molecular formula is C23H26ClN5O10S2. The van der Waals surface area contributed by atoms with Crippen molar-refractivity contribution in [1.29, 1.82) is 0 Å². The molecule has 2 aliphatic rings. The van der Waals surface area contributed by atoms with E-state index in [0.717, 1.165) is 28.0 Å². The molecule has 0 unspecified atom stereocenters. The number of aromatic nitrogens is 1. The van der Waals surface area contributed by atoms with Crippen LogP contribution in [0.15, 0.2) is 16.4 Å². The Balaban J connectivity index is 1.76. The first-order valence-corrected chi connectivity index (χ1v) is 14.0. The summed E-state index contributed by atoms with van der Waals surface area (Å²) in [5.74, 6) is -5.09. The molecule has 2 atom stereocenters. The minimum Gasteiger partial charge on any atom is -0.477 e. The number of esters is 2. The van der Waals surface area contributed by atoms with Crippen LogP contribution in [-0.4, -0.2) is 92.2 Å². The van der Waals surface area contributed by atoms with Gasteiger partial charge in [0.2, 0.25) is 6.61 Å². The van der Waals surface area contributed by atoms with Crippen molar-refractivity contribution >= 4 is 81.0 Å². The van der Waals surface area contributed by atoms with Gasteiger partial charge in [-0.1, -0.05) is 28.1 Å². The maximum atomic E-state index is 13.2. The molecule has 1 saturated heterocycles. The number of carbonyl (C=O) groups excluding carboxylic acids is 5. The Morgan fingerprint density at radius 1 is 1.24 bits per heavy atom. The fourth-order valence-corrected chi connectivity index (χ4v) is 5.86. The number of anilines is 1. The van der Waals surface area contributed by atoms with Crippen LogP contribution in [0, 0.1) is 0 Å². The number of ketones is 1. The number of thioether (sulfide) groups is 1. The Morgan fingerprint density at radius 3 is 2.49 bits per heavy atom. The maximum Gasteiger partial charge on any atom is 0.352 e. The molecule has 1 aromatic heterocycles. The van der Waals surface area contributed by atoms with Gasteiger partial charge in [0.25, 0.3) is 11.8 Å². The third-order valence-corrected chi connectivity index (χ3v) is 7.56. The van der Waals surface area contributed by atoms with Gasteiger partial charge in [-0.05, 0) is 27.7 Å². The molecule has 3 heterocycles. The van der Waals surface area contributed by atoms with Gasteiger partial charge in [0.1, 0.15) is 51.6 Å². The number of halogens is 1. The Morgan fingerprint density at radius 2 is 1.93 bits per heavy atom. The molecule has 0 radical (unpaired) electrons. The summed E-state index contributed by atoms with van der Waals surface area (Å²) in [5.41, 5.74) is 4.02. The van der Waals surface area contributed by atoms with E-state index in [0.29, 0.717) is 0 Å². The van der Waals surface area contributed by atoms with Crippen molar-refractivity contribution < 1.29 is 48.2 Å². The SMILES string of the molecule is CC(=O)CC(=O)OCC1=C(C(=O)O)N2C(=O)[C@@H](NC(=O)/C(=N/OCC(=O)OC(C)(C)C)c3nc(N)sc3Cl)[C@H]2SC1. The lowest BCUT2D eigenvalue weighted by Crippen LogP contribution is -2.71. The molecule has 15 nitrogen and oxygen atoms in total. The van der Waals surface area contributed by atoms with Crippen LogP contribution in [0.3, 0.4) is 0 Å². The Bertz CT molecular complexity index is 1350. The zero-order chi connectivity index (χ0) is 30.6. The molecule has 0 bridgehead atoms. The number of Topliss-reactive ketones (excluding diaryl/α,β-unsaturated/α-hetero) is 1. The topological polar surface area (TPSA) is 217 Å². The highest BCUT2D eigenvalue weighted by Crippen LogP contribution is 2.40. The number of carbonyl (C=O) groups is 6. The lowest BCUT2D eigenvalue weighted by atomic mass is 10.0. The number of thiazole rings is 1. The van der Waals surface area contributed by atoms with Crippen molar-refractivity contribution in [3.05, 3.63) is 21.3 Å². The van der Waals surface area contributed by atoms with Crippen LogP contribution in [0.25, 0.3) is 0 Å². The molecule has 3 rings (SSSR count). The summed E-state index contributed by atoms with van der Waals surface area (Å²) in [4.78, 5) is 83.0. The number of carboxylic acids is 1. The molecule has 222 valence electrons. The highest BCUT2D eigenvalue weighted by molar-refractivity contribution is 8.00. The molecule has 0 spiro atoms. The second-order valence-electron chi connectivity index (χ2n) is 9.63. The summed E-state index contributed by atoms with van der Waals surface area (Å²) in [6.45, 7) is 5.10. The Hall–Kier alpha value is -3.70. The van der Waals surface area contributed by atoms with Gasteiger partial charge in [-0.2, -0.15) is 0 Å². The number of nitrogens with one attached hydrogen (secondary N) is 1. The first kappa shape index (κ1) is 31.8. The van der Waals surface area contributed by atoms with Crippen LogP contribution in [0.5, 0.6) is 0 Å². The van der Waals surface area contributed by atoms with E-state index >= 15 is 0 Å². The number of nitrogens with zero attached hydrogens (tertiary/aromatic N) is 3. The number of nitrogen functional groups attached to an aromatic ring is 1. The van der Waals surface area contributed by atoms with E-state index in [1.807, 2.05) is 0 Å². The zero-order valence-electron chi connectivity index (χ0n) is 22.2. The van der Waals surface area contributed by atoms with Gasteiger partial charge in [-0.3, -0.25) is 24.1 Å². The number of nitrogens with two attached hydrogens (primary N) is 1. The van der Waals surface area contributed by atoms with Crippen molar-refractivity contribution in [2.24, 2.45) is 5.16 Å². The quantitative estimate of drug-likeness (QED) is 0.101. The second-order valence-corrected chi connectivity index (χ2v) is 12.4. The lowest BCUT2D eigenvalue weighted by Gasteiger charge is -2.49. The largest absolute Gasteiger partial charge is 0.477 e. The van der Waals surface area contributed by atoms with Gasteiger partial charge in [-0.15, -0.1) is 11.8 Å². The van der Waals surface area contributed by atoms with Crippen LogP contribution < -0.4 is 11.1 Å². The third-order valence-electron chi connectivity index (χ3n) is 5.14. The number of hydrogen-bond acceptors (Lipinski definition) is 14. The average molecular weight is 632 g/mol. The van der Waals surface area contributed by atoms with Gasteiger partial charge in [0.05, 0.1) is 0 Å². The van der Waals surface area contributed by atoms with E-state index in [1.165, 1.54) is 6.92 Å². The van der Waals surface area contributed by atoms with Crippen molar-refractivity contribution in [2.75, 3.05) is 24.7 Å². The summed E-state index contributed by atoms with van der Waals surface area (Å²) in [5, 5.41) is 15.1. The van der Waals surface area contributed by atoms with E-state index in [1.54, 1.807) is 20.8 Å². The van der Waals surface area contributed by atoms with Crippen LogP contribution in [0.1, 0.15) is 39.8 Å². The van der Waals surface area contributed by atoms with E-state index in [9.17, 15) is 33.9 Å². The smallest absolute Gasteiger partial charge is 0.352 e. The van der Waals surface area contributed by atoms with Crippen molar-refractivity contribution in [3.8, 4) is 0 Å². The number of hydrogen-bond donors (Lipinski definition) is 3. The molecule has 2 amide bonds. The fraction of sp³-hybridized carbons (Fsp3) is 0.478. The number of ether oxygens (including phenoxy) is 2. The monoisotopic (exact) mass is 631 g/mol. The fourth-order valence-electron chi connectivity index (χ4n) is 3.60. The normalized spacial score (nSPS) is 18.7. The predicted octanol–water partition coefficient (Wildman–Crippen LogP) is 0.702. The van der Waals surface area contributed by atoms with Crippen LogP contribution in [-0.2, 0) is 43.1 Å². The molecule has 0 aromatic carbocycles.